The van der Waals surface area contributed by atoms with Gasteiger partial charge in [0.2, 0.25) is 0 Å². The zero-order valence-corrected chi connectivity index (χ0v) is 9.03. The Balaban J connectivity index is 2.03. The molecule has 0 bridgehead atoms. The number of rotatable bonds is 2. The van der Waals surface area contributed by atoms with Gasteiger partial charge in [0.1, 0.15) is 0 Å². The first kappa shape index (κ1) is 9.74. The Morgan fingerprint density at radius 3 is 2.64 bits per heavy atom. The van der Waals surface area contributed by atoms with E-state index in [-0.39, 0.29) is 0 Å². The number of aryl methyl sites for hydroxylation is 1. The molecule has 1 aromatic rings. The van der Waals surface area contributed by atoms with E-state index in [1.807, 2.05) is 0 Å². The van der Waals surface area contributed by atoms with Crippen LogP contribution in [0.4, 0.5) is 0 Å². The fraction of sp³-hybridized carbons (Fsp3) is 0.636. The van der Waals surface area contributed by atoms with Gasteiger partial charge in [0.25, 0.3) is 0 Å². The van der Waals surface area contributed by atoms with E-state index in [1.165, 1.54) is 5.56 Å². The lowest BCUT2D eigenvalue weighted by atomic mass is 10.1. The number of hydrogen-bond acceptors (Lipinski definition) is 2. The molecule has 0 amide bonds. The highest BCUT2D eigenvalue weighted by Crippen LogP contribution is 2.20. The largest absolute Gasteiger partial charge is 0.357 e. The summed E-state index contributed by atoms with van der Waals surface area (Å²) in [6, 6.07) is 2.77. The maximum absolute atomic E-state index is 3.38. The predicted molar refractivity (Wildman–Crippen MR) is 58.3 cm³/mol. The first-order valence-corrected chi connectivity index (χ1v) is 5.34. The van der Waals surface area contributed by atoms with Crippen LogP contribution < -0.4 is 5.32 Å². The summed E-state index contributed by atoms with van der Waals surface area (Å²) in [6.07, 6.45) is 4.33. The van der Waals surface area contributed by atoms with Gasteiger partial charge in [-0.1, -0.05) is 0 Å². The molecule has 1 unspecified atom stereocenters. The summed E-state index contributed by atoms with van der Waals surface area (Å²) in [5, 5.41) is 3.38. The van der Waals surface area contributed by atoms with Crippen molar-refractivity contribution in [3.05, 3.63) is 24.0 Å². The average Bonchev–Trinajstić information content (AvgIpc) is 2.65. The van der Waals surface area contributed by atoms with Crippen LogP contribution in [0.15, 0.2) is 18.5 Å². The van der Waals surface area contributed by atoms with E-state index in [2.05, 4.69) is 47.2 Å². The number of aromatic nitrogens is 1. The number of nitrogens with one attached hydrogen (secondary N) is 1. The standard InChI is InChI=1S/C11H19N3/c1-10(11-3-6-13(2)9-11)14-7-4-12-5-8-14/h3,6,9-10,12H,4-5,7-8H2,1-2H3. The second-order valence-corrected chi connectivity index (χ2v) is 4.07. The molecule has 1 saturated heterocycles. The molecule has 0 aliphatic carbocycles. The molecule has 78 valence electrons. The van der Waals surface area contributed by atoms with E-state index < -0.39 is 0 Å². The molecule has 0 radical (unpaired) electrons. The van der Waals surface area contributed by atoms with Crippen molar-refractivity contribution < 1.29 is 0 Å². The van der Waals surface area contributed by atoms with Crippen molar-refractivity contribution in [1.29, 1.82) is 0 Å². The van der Waals surface area contributed by atoms with E-state index in [1.54, 1.807) is 0 Å². The summed E-state index contributed by atoms with van der Waals surface area (Å²) in [5.74, 6) is 0. The van der Waals surface area contributed by atoms with Crippen LogP contribution in [0.2, 0.25) is 0 Å². The van der Waals surface area contributed by atoms with Crippen molar-refractivity contribution in [3.8, 4) is 0 Å². The van der Waals surface area contributed by atoms with E-state index in [9.17, 15) is 0 Å². The minimum absolute atomic E-state index is 0.554. The summed E-state index contributed by atoms with van der Waals surface area (Å²) in [5.41, 5.74) is 1.43. The van der Waals surface area contributed by atoms with Crippen LogP contribution in [0.25, 0.3) is 0 Å². The summed E-state index contributed by atoms with van der Waals surface area (Å²) < 4.78 is 2.12. The van der Waals surface area contributed by atoms with Crippen LogP contribution in [0.5, 0.6) is 0 Å². The molecule has 2 rings (SSSR count). The molecule has 1 N–H and O–H groups in total. The summed E-state index contributed by atoms with van der Waals surface area (Å²) in [4.78, 5) is 2.53. The van der Waals surface area contributed by atoms with Crippen LogP contribution in [0.1, 0.15) is 18.5 Å². The monoisotopic (exact) mass is 193 g/mol. The van der Waals surface area contributed by atoms with Gasteiger partial charge in [-0.3, -0.25) is 4.90 Å². The van der Waals surface area contributed by atoms with E-state index in [0.717, 1.165) is 26.2 Å². The van der Waals surface area contributed by atoms with E-state index >= 15 is 0 Å². The topological polar surface area (TPSA) is 20.2 Å². The molecule has 0 saturated carbocycles. The van der Waals surface area contributed by atoms with E-state index in [0.29, 0.717) is 6.04 Å². The van der Waals surface area contributed by atoms with Crippen molar-refractivity contribution in [1.82, 2.24) is 14.8 Å². The van der Waals surface area contributed by atoms with Crippen molar-refractivity contribution in [2.24, 2.45) is 7.05 Å². The van der Waals surface area contributed by atoms with Crippen molar-refractivity contribution in [2.75, 3.05) is 26.2 Å². The SMILES string of the molecule is CC(c1ccn(C)c1)N1CCNCC1. The van der Waals surface area contributed by atoms with E-state index in [4.69, 9.17) is 0 Å². The highest BCUT2D eigenvalue weighted by molar-refractivity contribution is 5.14. The molecule has 1 aromatic heterocycles. The second kappa shape index (κ2) is 4.15. The second-order valence-electron chi connectivity index (χ2n) is 4.07. The van der Waals surface area contributed by atoms with Gasteiger partial charge >= 0.3 is 0 Å². The van der Waals surface area contributed by atoms with Crippen LogP contribution in [-0.4, -0.2) is 35.6 Å². The van der Waals surface area contributed by atoms with Crippen LogP contribution in [0.3, 0.4) is 0 Å². The molecule has 3 heteroatoms. The smallest absolute Gasteiger partial charge is 0.0335 e. The lowest BCUT2D eigenvalue weighted by Crippen LogP contribution is -2.44. The first-order chi connectivity index (χ1) is 6.77. The molecule has 2 heterocycles. The molecular formula is C11H19N3. The third kappa shape index (κ3) is 1.99. The number of nitrogens with zero attached hydrogens (tertiary/aromatic N) is 2. The minimum atomic E-state index is 0.554. The Morgan fingerprint density at radius 2 is 2.07 bits per heavy atom. The first-order valence-electron chi connectivity index (χ1n) is 5.34. The lowest BCUT2D eigenvalue weighted by Gasteiger charge is -2.32. The summed E-state index contributed by atoms with van der Waals surface area (Å²) in [6.45, 7) is 6.86. The van der Waals surface area contributed by atoms with Gasteiger partial charge < -0.3 is 9.88 Å². The fourth-order valence-electron chi connectivity index (χ4n) is 2.05. The third-order valence-electron chi connectivity index (χ3n) is 3.04. The predicted octanol–water partition coefficient (Wildman–Crippen LogP) is 0.991. The molecule has 0 spiro atoms. The van der Waals surface area contributed by atoms with Gasteiger partial charge in [0.05, 0.1) is 0 Å². The Bertz CT molecular complexity index is 286. The lowest BCUT2D eigenvalue weighted by molar-refractivity contribution is 0.185. The minimum Gasteiger partial charge on any atom is -0.357 e. The molecular weight excluding hydrogens is 174 g/mol. The molecule has 0 aromatic carbocycles. The normalized spacial score (nSPS) is 21.0. The average molecular weight is 193 g/mol. The highest BCUT2D eigenvalue weighted by atomic mass is 15.2. The van der Waals surface area contributed by atoms with Crippen LogP contribution >= 0.6 is 0 Å². The fourth-order valence-corrected chi connectivity index (χ4v) is 2.05. The maximum atomic E-state index is 3.38. The van der Waals surface area contributed by atoms with Crippen LogP contribution in [-0.2, 0) is 7.05 Å². The Labute approximate surface area is 85.7 Å². The molecule has 1 atom stereocenters. The Kier molecular flexibility index (Phi) is 2.89. The molecule has 1 fully saturated rings. The summed E-state index contributed by atoms with van der Waals surface area (Å²) in [7, 11) is 2.08. The van der Waals surface area contributed by atoms with Gasteiger partial charge in [-0.05, 0) is 18.6 Å². The Morgan fingerprint density at radius 1 is 1.36 bits per heavy atom. The maximum Gasteiger partial charge on any atom is 0.0335 e. The zero-order valence-electron chi connectivity index (χ0n) is 9.03. The zero-order chi connectivity index (χ0) is 9.97. The van der Waals surface area contributed by atoms with Gasteiger partial charge in [-0.15, -0.1) is 0 Å². The molecule has 1 aliphatic rings. The summed E-state index contributed by atoms with van der Waals surface area (Å²) >= 11 is 0. The third-order valence-corrected chi connectivity index (χ3v) is 3.04. The molecule has 1 aliphatic heterocycles. The Hall–Kier alpha value is -0.800. The number of hydrogen-bond donors (Lipinski definition) is 1. The van der Waals surface area contributed by atoms with Gasteiger partial charge in [-0.2, -0.15) is 0 Å². The quantitative estimate of drug-likeness (QED) is 0.756. The van der Waals surface area contributed by atoms with Gasteiger partial charge in [0.15, 0.2) is 0 Å². The van der Waals surface area contributed by atoms with Gasteiger partial charge in [-0.25, -0.2) is 0 Å². The number of piperazine rings is 1. The van der Waals surface area contributed by atoms with Gasteiger partial charge in [0, 0.05) is 51.7 Å². The highest BCUT2D eigenvalue weighted by Gasteiger charge is 2.17. The molecule has 14 heavy (non-hydrogen) atoms. The molecule has 3 nitrogen and oxygen atoms in total. The van der Waals surface area contributed by atoms with Crippen molar-refractivity contribution >= 4 is 0 Å². The van der Waals surface area contributed by atoms with Crippen LogP contribution in [0, 0.1) is 0 Å². The van der Waals surface area contributed by atoms with Crippen molar-refractivity contribution in [3.63, 3.8) is 0 Å². The van der Waals surface area contributed by atoms with Crippen molar-refractivity contribution in [2.45, 2.75) is 13.0 Å².